The highest BCUT2D eigenvalue weighted by Crippen LogP contribution is 2.40. The Balaban J connectivity index is 1.97. The molecule has 0 aromatic heterocycles. The molecule has 2 unspecified atom stereocenters. The fourth-order valence-corrected chi connectivity index (χ4v) is 3.99. The fourth-order valence-electron chi connectivity index (χ4n) is 2.87. The third-order valence-electron chi connectivity index (χ3n) is 3.85. The van der Waals surface area contributed by atoms with E-state index in [2.05, 4.69) is 31.2 Å². The molecule has 0 amide bonds. The molecule has 0 aliphatic heterocycles. The van der Waals surface area contributed by atoms with Gasteiger partial charge in [-0.3, -0.25) is 0 Å². The van der Waals surface area contributed by atoms with Crippen molar-refractivity contribution in [1.29, 1.82) is 0 Å². The number of thioether (sulfide) groups is 1. The molecule has 18 heavy (non-hydrogen) atoms. The van der Waals surface area contributed by atoms with E-state index in [0.717, 1.165) is 0 Å². The predicted octanol–water partition coefficient (Wildman–Crippen LogP) is 5.45. The van der Waals surface area contributed by atoms with Crippen molar-refractivity contribution >= 4 is 23.4 Å². The minimum absolute atomic E-state index is 0.232. The summed E-state index contributed by atoms with van der Waals surface area (Å²) in [7, 11) is 0. The molecule has 0 spiro atoms. The molecule has 2 rings (SSSR count). The molecule has 0 fully saturated rings. The molecule has 2 heteroatoms. The Morgan fingerprint density at radius 1 is 1.33 bits per heavy atom. The van der Waals surface area contributed by atoms with E-state index in [0.29, 0.717) is 5.92 Å². The Bertz CT molecular complexity index is 364. The maximum atomic E-state index is 6.72. The fraction of sp³-hybridized carbons (Fsp3) is 0.625. The van der Waals surface area contributed by atoms with E-state index in [1.54, 1.807) is 0 Å². The van der Waals surface area contributed by atoms with Crippen LogP contribution in [0, 0.1) is 5.92 Å². The molecule has 1 aromatic carbocycles. The van der Waals surface area contributed by atoms with Crippen LogP contribution in [0.2, 0.25) is 0 Å². The summed E-state index contributed by atoms with van der Waals surface area (Å²) >= 11 is 8.77. The Hall–Kier alpha value is -0.140. The van der Waals surface area contributed by atoms with E-state index in [9.17, 15) is 0 Å². The highest BCUT2D eigenvalue weighted by atomic mass is 35.5. The van der Waals surface area contributed by atoms with Crippen molar-refractivity contribution in [3.8, 4) is 0 Å². The van der Waals surface area contributed by atoms with Crippen LogP contribution in [0.5, 0.6) is 0 Å². The van der Waals surface area contributed by atoms with Gasteiger partial charge in [-0.15, -0.1) is 11.6 Å². The zero-order chi connectivity index (χ0) is 12.8. The molecule has 0 saturated heterocycles. The molecule has 0 bridgehead atoms. The number of alkyl halides is 1. The molecule has 100 valence electrons. The lowest BCUT2D eigenvalue weighted by Crippen LogP contribution is -2.07. The average molecular weight is 283 g/mol. The van der Waals surface area contributed by atoms with Gasteiger partial charge in [0.2, 0.25) is 0 Å². The van der Waals surface area contributed by atoms with E-state index in [4.69, 9.17) is 11.6 Å². The largest absolute Gasteiger partial charge is 0.162 e. The van der Waals surface area contributed by atoms with Gasteiger partial charge in [0, 0.05) is 0 Å². The van der Waals surface area contributed by atoms with Gasteiger partial charge in [-0.1, -0.05) is 31.2 Å². The van der Waals surface area contributed by atoms with Crippen LogP contribution in [0.25, 0.3) is 0 Å². The normalized spacial score (nSPS) is 23.4. The number of fused-ring (bicyclic) bond motifs is 1. The van der Waals surface area contributed by atoms with Crippen molar-refractivity contribution in [1.82, 2.24) is 0 Å². The molecule has 1 aromatic rings. The van der Waals surface area contributed by atoms with E-state index < -0.39 is 0 Å². The zero-order valence-corrected chi connectivity index (χ0v) is 12.8. The molecule has 2 atom stereocenters. The Labute approximate surface area is 121 Å². The summed E-state index contributed by atoms with van der Waals surface area (Å²) in [6.07, 6.45) is 6.40. The second kappa shape index (κ2) is 7.45. The van der Waals surface area contributed by atoms with Crippen molar-refractivity contribution in [2.45, 2.75) is 44.4 Å². The Kier molecular flexibility index (Phi) is 5.91. The molecule has 0 nitrogen and oxygen atoms in total. The zero-order valence-electron chi connectivity index (χ0n) is 11.2. The third-order valence-corrected chi connectivity index (χ3v) is 5.43. The summed E-state index contributed by atoms with van der Waals surface area (Å²) in [6.45, 7) is 2.23. The number of aryl methyl sites for hydroxylation is 1. The summed E-state index contributed by atoms with van der Waals surface area (Å²) in [6, 6.07) is 8.75. The molecular formula is C16H23ClS. The lowest BCUT2D eigenvalue weighted by Gasteiger charge is -2.21. The first-order valence-corrected chi connectivity index (χ1v) is 8.71. The molecule has 0 saturated carbocycles. The highest BCUT2D eigenvalue weighted by Gasteiger charge is 2.25. The van der Waals surface area contributed by atoms with Crippen molar-refractivity contribution < 1.29 is 0 Å². The minimum Gasteiger partial charge on any atom is -0.162 e. The van der Waals surface area contributed by atoms with Crippen LogP contribution in [0.4, 0.5) is 0 Å². The molecule has 1 aliphatic rings. The van der Waals surface area contributed by atoms with Crippen LogP contribution in [0.15, 0.2) is 24.3 Å². The number of halogens is 1. The lowest BCUT2D eigenvalue weighted by atomic mass is 9.92. The number of benzene rings is 1. The van der Waals surface area contributed by atoms with Gasteiger partial charge in [-0.2, -0.15) is 11.8 Å². The van der Waals surface area contributed by atoms with Gasteiger partial charge in [0.1, 0.15) is 0 Å². The van der Waals surface area contributed by atoms with Crippen LogP contribution in [0.3, 0.4) is 0 Å². The third kappa shape index (κ3) is 3.68. The maximum absolute atomic E-state index is 6.72. The van der Waals surface area contributed by atoms with Crippen molar-refractivity contribution in [3.05, 3.63) is 35.4 Å². The van der Waals surface area contributed by atoms with E-state index in [1.165, 1.54) is 54.7 Å². The first kappa shape index (κ1) is 14.3. The summed E-state index contributed by atoms with van der Waals surface area (Å²) in [5.74, 6) is 3.20. The summed E-state index contributed by atoms with van der Waals surface area (Å²) in [5, 5.41) is 0.232. The smallest absolute Gasteiger partial charge is 0.0616 e. The first-order chi connectivity index (χ1) is 8.83. The van der Waals surface area contributed by atoms with Gasteiger partial charge in [-0.25, -0.2) is 0 Å². The SMILES string of the molecule is CCSCCCC1CCCc2ccccc2C1Cl. The van der Waals surface area contributed by atoms with E-state index >= 15 is 0 Å². The van der Waals surface area contributed by atoms with Gasteiger partial charge in [-0.05, 0) is 60.7 Å². The average Bonchev–Trinajstić information content (AvgIpc) is 2.56. The second-order valence-electron chi connectivity index (χ2n) is 5.09. The lowest BCUT2D eigenvalue weighted by molar-refractivity contribution is 0.432. The maximum Gasteiger partial charge on any atom is 0.0616 e. The van der Waals surface area contributed by atoms with Crippen molar-refractivity contribution in [2.75, 3.05) is 11.5 Å². The van der Waals surface area contributed by atoms with Gasteiger partial charge < -0.3 is 0 Å². The second-order valence-corrected chi connectivity index (χ2v) is 6.96. The molecule has 1 aliphatic carbocycles. The van der Waals surface area contributed by atoms with Crippen LogP contribution < -0.4 is 0 Å². The predicted molar refractivity (Wildman–Crippen MR) is 83.7 cm³/mol. The highest BCUT2D eigenvalue weighted by molar-refractivity contribution is 7.99. The van der Waals surface area contributed by atoms with Crippen LogP contribution >= 0.6 is 23.4 Å². The Morgan fingerprint density at radius 3 is 3.00 bits per heavy atom. The van der Waals surface area contributed by atoms with Gasteiger partial charge in [0.25, 0.3) is 0 Å². The number of rotatable bonds is 5. The van der Waals surface area contributed by atoms with Gasteiger partial charge >= 0.3 is 0 Å². The molecule has 0 N–H and O–H groups in total. The summed E-state index contributed by atoms with van der Waals surface area (Å²) < 4.78 is 0. The standard InChI is InChI=1S/C16H23ClS/c1-2-18-12-6-10-14-9-5-8-13-7-3-4-11-15(13)16(14)17/h3-4,7,11,14,16H,2,5-6,8-10,12H2,1H3. The quantitative estimate of drug-likeness (QED) is 0.393. The number of hydrogen-bond acceptors (Lipinski definition) is 1. The van der Waals surface area contributed by atoms with Crippen molar-refractivity contribution in [3.63, 3.8) is 0 Å². The molecule has 0 radical (unpaired) electrons. The van der Waals surface area contributed by atoms with Crippen molar-refractivity contribution in [2.24, 2.45) is 5.92 Å². The van der Waals surface area contributed by atoms with E-state index in [1.807, 2.05) is 11.8 Å². The Morgan fingerprint density at radius 2 is 2.17 bits per heavy atom. The topological polar surface area (TPSA) is 0 Å². The summed E-state index contributed by atoms with van der Waals surface area (Å²) in [5.41, 5.74) is 2.87. The monoisotopic (exact) mass is 282 g/mol. The van der Waals surface area contributed by atoms with Gasteiger partial charge in [0.05, 0.1) is 5.38 Å². The first-order valence-electron chi connectivity index (χ1n) is 7.12. The summed E-state index contributed by atoms with van der Waals surface area (Å²) in [4.78, 5) is 0. The molecule has 0 heterocycles. The molecular weight excluding hydrogens is 260 g/mol. The number of hydrogen-bond donors (Lipinski definition) is 0. The minimum atomic E-state index is 0.232. The van der Waals surface area contributed by atoms with Crippen LogP contribution in [-0.4, -0.2) is 11.5 Å². The van der Waals surface area contributed by atoms with Crippen LogP contribution in [-0.2, 0) is 6.42 Å². The van der Waals surface area contributed by atoms with E-state index in [-0.39, 0.29) is 5.38 Å². The van der Waals surface area contributed by atoms with Gasteiger partial charge in [0.15, 0.2) is 0 Å². The van der Waals surface area contributed by atoms with Crippen LogP contribution in [0.1, 0.15) is 49.1 Å².